The number of nitrogens with zero attached hydrogens (tertiary/aromatic N) is 2. The van der Waals surface area contributed by atoms with E-state index in [2.05, 4.69) is 0 Å². The lowest BCUT2D eigenvalue weighted by atomic mass is 10.1. The molecule has 0 aliphatic heterocycles. The highest BCUT2D eigenvalue weighted by Gasteiger charge is 2.18. The Bertz CT molecular complexity index is 1300. The quantitative estimate of drug-likeness (QED) is 0.434. The highest BCUT2D eigenvalue weighted by atomic mass is 16.4. The summed E-state index contributed by atoms with van der Waals surface area (Å²) < 4.78 is 7.52. The standard InChI is InChI=1S/C22H14N2O2/c25-22-17(14-15-8-4-7-13-20(15)26-22)21-23-18-11-5-6-12-19(18)24(21)16-9-2-1-3-10-16/h1-14H. The summed E-state index contributed by atoms with van der Waals surface area (Å²) in [4.78, 5) is 17.4. The third-order valence-corrected chi connectivity index (χ3v) is 4.46. The normalized spacial score (nSPS) is 11.2. The molecule has 4 heteroatoms. The lowest BCUT2D eigenvalue weighted by Crippen LogP contribution is -2.07. The van der Waals surface area contributed by atoms with Gasteiger partial charge < -0.3 is 4.42 Å². The molecule has 0 saturated heterocycles. The zero-order valence-corrected chi connectivity index (χ0v) is 13.8. The van der Waals surface area contributed by atoms with Crippen LogP contribution in [0.25, 0.3) is 39.1 Å². The Morgan fingerprint density at radius 3 is 2.42 bits per heavy atom. The van der Waals surface area contributed by atoms with Gasteiger partial charge in [0, 0.05) is 11.1 Å². The summed E-state index contributed by atoms with van der Waals surface area (Å²) in [5.74, 6) is 0.580. The maximum Gasteiger partial charge on any atom is 0.347 e. The molecule has 0 aliphatic carbocycles. The number of hydrogen-bond acceptors (Lipinski definition) is 3. The van der Waals surface area contributed by atoms with Gasteiger partial charge in [0.1, 0.15) is 11.1 Å². The Balaban J connectivity index is 1.88. The summed E-state index contributed by atoms with van der Waals surface area (Å²) in [6, 6.07) is 27.1. The minimum absolute atomic E-state index is 0.392. The second-order valence-electron chi connectivity index (χ2n) is 6.08. The Hall–Kier alpha value is -3.66. The van der Waals surface area contributed by atoms with Crippen LogP contribution in [0, 0.1) is 0 Å². The molecule has 0 saturated carbocycles. The van der Waals surface area contributed by atoms with Crippen LogP contribution >= 0.6 is 0 Å². The molecule has 0 atom stereocenters. The van der Waals surface area contributed by atoms with Crippen molar-refractivity contribution in [3.8, 4) is 17.1 Å². The van der Waals surface area contributed by atoms with Gasteiger partial charge in [0.25, 0.3) is 0 Å². The van der Waals surface area contributed by atoms with Gasteiger partial charge in [0.05, 0.1) is 11.0 Å². The molecule has 3 aromatic carbocycles. The van der Waals surface area contributed by atoms with Crippen LogP contribution in [-0.4, -0.2) is 9.55 Å². The van der Waals surface area contributed by atoms with Gasteiger partial charge >= 0.3 is 5.63 Å². The van der Waals surface area contributed by atoms with E-state index in [1.807, 2.05) is 83.4 Å². The van der Waals surface area contributed by atoms with Crippen molar-refractivity contribution >= 4 is 22.0 Å². The van der Waals surface area contributed by atoms with Crippen LogP contribution in [0.3, 0.4) is 0 Å². The summed E-state index contributed by atoms with van der Waals surface area (Å²) in [6.07, 6.45) is 0. The molecule has 2 aromatic heterocycles. The number of hydrogen-bond donors (Lipinski definition) is 0. The highest BCUT2D eigenvalue weighted by Crippen LogP contribution is 2.28. The summed E-state index contributed by atoms with van der Waals surface area (Å²) in [5, 5.41) is 0.869. The molecule has 0 unspecified atom stereocenters. The first-order valence-electron chi connectivity index (χ1n) is 8.37. The minimum atomic E-state index is -0.392. The van der Waals surface area contributed by atoms with Crippen LogP contribution in [0.15, 0.2) is 94.1 Å². The molecule has 0 spiro atoms. The van der Waals surface area contributed by atoms with Crippen LogP contribution in [0.2, 0.25) is 0 Å². The highest BCUT2D eigenvalue weighted by molar-refractivity contribution is 5.86. The van der Waals surface area contributed by atoms with Crippen molar-refractivity contribution in [2.24, 2.45) is 0 Å². The average Bonchev–Trinajstić information content (AvgIpc) is 3.07. The number of fused-ring (bicyclic) bond motifs is 2. The number of aromatic nitrogens is 2. The minimum Gasteiger partial charge on any atom is -0.422 e. The zero-order chi connectivity index (χ0) is 17.5. The molecule has 5 aromatic rings. The van der Waals surface area contributed by atoms with Crippen LogP contribution in [0.5, 0.6) is 0 Å². The number of rotatable bonds is 2. The van der Waals surface area contributed by atoms with Gasteiger partial charge in [-0.3, -0.25) is 4.57 Å². The van der Waals surface area contributed by atoms with Gasteiger partial charge in [0.15, 0.2) is 5.82 Å². The number of imidazole rings is 1. The van der Waals surface area contributed by atoms with E-state index in [1.165, 1.54) is 0 Å². The van der Waals surface area contributed by atoms with E-state index in [1.54, 1.807) is 6.07 Å². The van der Waals surface area contributed by atoms with Gasteiger partial charge in [-0.25, -0.2) is 9.78 Å². The predicted molar refractivity (Wildman–Crippen MR) is 103 cm³/mol. The van der Waals surface area contributed by atoms with Crippen LogP contribution in [-0.2, 0) is 0 Å². The van der Waals surface area contributed by atoms with Crippen molar-refractivity contribution in [3.05, 3.63) is 95.3 Å². The van der Waals surface area contributed by atoms with Crippen LogP contribution < -0.4 is 5.63 Å². The monoisotopic (exact) mass is 338 g/mol. The fourth-order valence-corrected chi connectivity index (χ4v) is 3.26. The largest absolute Gasteiger partial charge is 0.422 e. The third-order valence-electron chi connectivity index (χ3n) is 4.46. The van der Waals surface area contributed by atoms with Gasteiger partial charge in [-0.15, -0.1) is 0 Å². The Morgan fingerprint density at radius 2 is 1.54 bits per heavy atom. The zero-order valence-electron chi connectivity index (χ0n) is 13.8. The predicted octanol–water partition coefficient (Wildman–Crippen LogP) is 4.80. The molecule has 2 heterocycles. The molecule has 0 N–H and O–H groups in total. The van der Waals surface area contributed by atoms with Crippen LogP contribution in [0.1, 0.15) is 0 Å². The van der Waals surface area contributed by atoms with Gasteiger partial charge in [-0.2, -0.15) is 0 Å². The van der Waals surface area contributed by atoms with E-state index in [-0.39, 0.29) is 0 Å². The molecule has 0 bridgehead atoms. The van der Waals surface area contributed by atoms with Gasteiger partial charge in [0.2, 0.25) is 0 Å². The Morgan fingerprint density at radius 1 is 0.808 bits per heavy atom. The van der Waals surface area contributed by atoms with Crippen molar-refractivity contribution < 1.29 is 4.42 Å². The van der Waals surface area contributed by atoms with Crippen molar-refractivity contribution in [1.29, 1.82) is 0 Å². The van der Waals surface area contributed by atoms with Crippen molar-refractivity contribution in [1.82, 2.24) is 9.55 Å². The van der Waals surface area contributed by atoms with E-state index < -0.39 is 5.63 Å². The second-order valence-corrected chi connectivity index (χ2v) is 6.08. The van der Waals surface area contributed by atoms with E-state index in [4.69, 9.17) is 9.40 Å². The lowest BCUT2D eigenvalue weighted by molar-refractivity contribution is 0.562. The topological polar surface area (TPSA) is 48.0 Å². The molecule has 0 fully saturated rings. The van der Waals surface area contributed by atoms with Gasteiger partial charge in [-0.1, -0.05) is 48.5 Å². The van der Waals surface area contributed by atoms with E-state index in [9.17, 15) is 4.79 Å². The molecular formula is C22H14N2O2. The smallest absolute Gasteiger partial charge is 0.347 e. The molecule has 0 radical (unpaired) electrons. The first kappa shape index (κ1) is 14.7. The maximum atomic E-state index is 12.7. The van der Waals surface area contributed by atoms with Crippen molar-refractivity contribution in [3.63, 3.8) is 0 Å². The summed E-state index contributed by atoms with van der Waals surface area (Å²) in [5.41, 5.74) is 3.35. The SMILES string of the molecule is O=c1oc2ccccc2cc1-c1nc2ccccc2n1-c1ccccc1. The first-order chi connectivity index (χ1) is 12.8. The molecule has 0 aliphatic rings. The molecule has 4 nitrogen and oxygen atoms in total. The fourth-order valence-electron chi connectivity index (χ4n) is 3.26. The van der Waals surface area contributed by atoms with Crippen LogP contribution in [0.4, 0.5) is 0 Å². The average molecular weight is 338 g/mol. The number of benzene rings is 3. The number of para-hydroxylation sites is 4. The first-order valence-corrected chi connectivity index (χ1v) is 8.37. The Kier molecular flexibility index (Phi) is 3.22. The maximum absolute atomic E-state index is 12.7. The summed E-state index contributed by atoms with van der Waals surface area (Å²) in [7, 11) is 0. The molecule has 5 rings (SSSR count). The van der Waals surface area contributed by atoms with E-state index >= 15 is 0 Å². The molecular weight excluding hydrogens is 324 g/mol. The molecule has 26 heavy (non-hydrogen) atoms. The van der Waals surface area contributed by atoms with Crippen molar-refractivity contribution in [2.75, 3.05) is 0 Å². The third kappa shape index (κ3) is 2.24. The van der Waals surface area contributed by atoms with E-state index in [0.717, 1.165) is 22.1 Å². The van der Waals surface area contributed by atoms with Gasteiger partial charge in [-0.05, 0) is 36.4 Å². The van der Waals surface area contributed by atoms with Crippen molar-refractivity contribution in [2.45, 2.75) is 0 Å². The summed E-state index contributed by atoms with van der Waals surface area (Å²) in [6.45, 7) is 0. The fraction of sp³-hybridized carbons (Fsp3) is 0. The van der Waals surface area contributed by atoms with E-state index in [0.29, 0.717) is 17.0 Å². The second kappa shape index (κ2) is 5.70. The summed E-state index contributed by atoms with van der Waals surface area (Å²) >= 11 is 0. The lowest BCUT2D eigenvalue weighted by Gasteiger charge is -2.09. The molecule has 124 valence electrons. The Labute approximate surface area is 149 Å². The molecule has 0 amide bonds.